The molecule has 0 bridgehead atoms. The lowest BCUT2D eigenvalue weighted by Crippen LogP contribution is -2.08. The minimum absolute atomic E-state index is 0.388. The maximum Gasteiger partial charge on any atom is 0.343 e. The average Bonchev–Trinajstić information content (AvgIpc) is 2.42. The SMILES string of the molecule is O=C(Oc1ccc(/C=C/Br)cc1)c1ccncc1. The quantitative estimate of drug-likeness (QED) is 0.641. The van der Waals surface area contributed by atoms with Crippen molar-refractivity contribution in [2.75, 3.05) is 0 Å². The Hall–Kier alpha value is -1.94. The molecule has 90 valence electrons. The van der Waals surface area contributed by atoms with E-state index in [0.717, 1.165) is 5.56 Å². The summed E-state index contributed by atoms with van der Waals surface area (Å²) in [7, 11) is 0. The minimum Gasteiger partial charge on any atom is -0.423 e. The molecular weight excluding hydrogens is 294 g/mol. The van der Waals surface area contributed by atoms with Crippen LogP contribution in [0.5, 0.6) is 5.75 Å². The second-order valence-electron chi connectivity index (χ2n) is 3.49. The van der Waals surface area contributed by atoms with Crippen LogP contribution in [-0.2, 0) is 0 Å². The van der Waals surface area contributed by atoms with E-state index in [1.165, 1.54) is 0 Å². The van der Waals surface area contributed by atoms with Gasteiger partial charge >= 0.3 is 5.97 Å². The van der Waals surface area contributed by atoms with Crippen molar-refractivity contribution in [3.63, 3.8) is 0 Å². The summed E-state index contributed by atoms with van der Waals surface area (Å²) in [5.74, 6) is 0.129. The van der Waals surface area contributed by atoms with Crippen molar-refractivity contribution >= 4 is 28.0 Å². The summed E-state index contributed by atoms with van der Waals surface area (Å²) < 4.78 is 5.23. The minimum atomic E-state index is -0.388. The van der Waals surface area contributed by atoms with Crippen LogP contribution in [0.25, 0.3) is 6.08 Å². The number of rotatable bonds is 3. The molecule has 2 rings (SSSR count). The predicted molar refractivity (Wildman–Crippen MR) is 73.6 cm³/mol. The molecule has 0 N–H and O–H groups in total. The number of nitrogens with zero attached hydrogens (tertiary/aromatic N) is 1. The molecule has 0 amide bonds. The Balaban J connectivity index is 2.08. The number of benzene rings is 1. The molecule has 18 heavy (non-hydrogen) atoms. The van der Waals surface area contributed by atoms with Crippen molar-refractivity contribution in [1.82, 2.24) is 4.98 Å². The molecular formula is C14H10BrNO2. The Labute approximate surface area is 113 Å². The zero-order chi connectivity index (χ0) is 12.8. The molecule has 3 nitrogen and oxygen atoms in total. The first-order valence-electron chi connectivity index (χ1n) is 5.28. The second kappa shape index (κ2) is 6.12. The van der Waals surface area contributed by atoms with Crippen LogP contribution in [0, 0.1) is 0 Å². The first kappa shape index (κ1) is 12.5. The Morgan fingerprint density at radius 1 is 1.11 bits per heavy atom. The fraction of sp³-hybridized carbons (Fsp3) is 0. The van der Waals surface area contributed by atoms with E-state index >= 15 is 0 Å². The van der Waals surface area contributed by atoms with E-state index in [1.54, 1.807) is 41.6 Å². The molecule has 1 aromatic heterocycles. The Morgan fingerprint density at radius 3 is 2.39 bits per heavy atom. The van der Waals surface area contributed by atoms with Crippen LogP contribution in [0.1, 0.15) is 15.9 Å². The highest BCUT2D eigenvalue weighted by atomic mass is 79.9. The van der Waals surface area contributed by atoms with Crippen LogP contribution >= 0.6 is 15.9 Å². The Morgan fingerprint density at radius 2 is 1.78 bits per heavy atom. The molecule has 0 unspecified atom stereocenters. The summed E-state index contributed by atoms with van der Waals surface area (Å²) in [4.78, 5) is 17.4. The number of pyridine rings is 1. The highest BCUT2D eigenvalue weighted by Gasteiger charge is 2.07. The molecule has 0 radical (unpaired) electrons. The van der Waals surface area contributed by atoms with Crippen molar-refractivity contribution in [2.24, 2.45) is 0 Å². The number of halogens is 1. The summed E-state index contributed by atoms with van der Waals surface area (Å²) in [6, 6.07) is 10.5. The van der Waals surface area contributed by atoms with Gasteiger partial charge in [-0.3, -0.25) is 4.98 Å². The van der Waals surface area contributed by atoms with Gasteiger partial charge in [-0.25, -0.2) is 4.79 Å². The molecule has 1 aromatic carbocycles. The molecule has 0 fully saturated rings. The third-order valence-corrected chi connectivity index (χ3v) is 2.53. The van der Waals surface area contributed by atoms with Gasteiger partial charge < -0.3 is 4.74 Å². The van der Waals surface area contributed by atoms with Crippen LogP contribution in [-0.4, -0.2) is 11.0 Å². The first-order chi connectivity index (χ1) is 8.79. The van der Waals surface area contributed by atoms with Gasteiger partial charge in [0.05, 0.1) is 5.56 Å². The number of aromatic nitrogens is 1. The standard InChI is InChI=1S/C14H10BrNO2/c15-8-5-11-1-3-13(4-2-11)18-14(17)12-6-9-16-10-7-12/h1-10H/b8-5+. The lowest BCUT2D eigenvalue weighted by atomic mass is 10.2. The van der Waals surface area contributed by atoms with E-state index in [2.05, 4.69) is 20.9 Å². The lowest BCUT2D eigenvalue weighted by Gasteiger charge is -2.04. The van der Waals surface area contributed by atoms with Gasteiger partial charge in [-0.2, -0.15) is 0 Å². The number of hydrogen-bond donors (Lipinski definition) is 0. The van der Waals surface area contributed by atoms with Gasteiger partial charge in [0, 0.05) is 12.4 Å². The van der Waals surface area contributed by atoms with Gasteiger partial charge in [0.15, 0.2) is 0 Å². The predicted octanol–water partition coefficient (Wildman–Crippen LogP) is 3.67. The highest BCUT2D eigenvalue weighted by molar-refractivity contribution is 9.11. The molecule has 0 atom stereocenters. The largest absolute Gasteiger partial charge is 0.423 e. The van der Waals surface area contributed by atoms with E-state index in [-0.39, 0.29) is 5.97 Å². The average molecular weight is 304 g/mol. The summed E-state index contributed by atoms with van der Waals surface area (Å²) in [6.45, 7) is 0. The molecule has 0 aliphatic heterocycles. The molecule has 0 saturated carbocycles. The van der Waals surface area contributed by atoms with Crippen molar-refractivity contribution in [2.45, 2.75) is 0 Å². The topological polar surface area (TPSA) is 39.2 Å². The second-order valence-corrected chi connectivity index (χ2v) is 4.02. The number of carbonyl (C=O) groups excluding carboxylic acids is 1. The van der Waals surface area contributed by atoms with Gasteiger partial charge in [0.1, 0.15) is 5.75 Å². The Kier molecular flexibility index (Phi) is 4.25. The summed E-state index contributed by atoms with van der Waals surface area (Å²) >= 11 is 3.20. The van der Waals surface area contributed by atoms with E-state index in [0.29, 0.717) is 11.3 Å². The maximum absolute atomic E-state index is 11.8. The van der Waals surface area contributed by atoms with Crippen molar-refractivity contribution in [1.29, 1.82) is 0 Å². The van der Waals surface area contributed by atoms with Crippen molar-refractivity contribution in [3.8, 4) is 5.75 Å². The fourth-order valence-corrected chi connectivity index (χ4v) is 1.68. The molecule has 4 heteroatoms. The normalized spacial score (nSPS) is 10.5. The van der Waals surface area contributed by atoms with E-state index < -0.39 is 0 Å². The van der Waals surface area contributed by atoms with Crippen LogP contribution in [0.15, 0.2) is 53.8 Å². The molecule has 1 heterocycles. The fourth-order valence-electron chi connectivity index (χ4n) is 1.37. The summed E-state index contributed by atoms with van der Waals surface area (Å²) in [5.41, 5.74) is 1.50. The highest BCUT2D eigenvalue weighted by Crippen LogP contribution is 2.15. The van der Waals surface area contributed by atoms with Crippen LogP contribution in [0.2, 0.25) is 0 Å². The monoisotopic (exact) mass is 303 g/mol. The van der Waals surface area contributed by atoms with Crippen LogP contribution in [0.4, 0.5) is 0 Å². The van der Waals surface area contributed by atoms with Crippen molar-refractivity contribution < 1.29 is 9.53 Å². The lowest BCUT2D eigenvalue weighted by molar-refractivity contribution is 0.0734. The number of esters is 1. The molecule has 0 spiro atoms. The van der Waals surface area contributed by atoms with Crippen LogP contribution < -0.4 is 4.74 Å². The Bertz CT molecular complexity index is 550. The van der Waals surface area contributed by atoms with Crippen molar-refractivity contribution in [3.05, 3.63) is 64.9 Å². The molecule has 0 aliphatic rings. The third kappa shape index (κ3) is 3.28. The van der Waals surface area contributed by atoms with Gasteiger partial charge in [0.2, 0.25) is 0 Å². The number of carbonyl (C=O) groups is 1. The zero-order valence-corrected chi connectivity index (χ0v) is 11.0. The zero-order valence-electron chi connectivity index (χ0n) is 9.42. The first-order valence-corrected chi connectivity index (χ1v) is 6.20. The number of hydrogen-bond acceptors (Lipinski definition) is 3. The van der Waals surface area contributed by atoms with Gasteiger partial charge in [-0.15, -0.1) is 0 Å². The smallest absolute Gasteiger partial charge is 0.343 e. The molecule has 0 saturated heterocycles. The summed E-state index contributed by atoms with van der Waals surface area (Å²) in [5, 5.41) is 0. The van der Waals surface area contributed by atoms with E-state index in [9.17, 15) is 4.79 Å². The van der Waals surface area contributed by atoms with Gasteiger partial charge in [-0.1, -0.05) is 28.1 Å². The van der Waals surface area contributed by atoms with Crippen LogP contribution in [0.3, 0.4) is 0 Å². The summed E-state index contributed by atoms with van der Waals surface area (Å²) in [6.07, 6.45) is 5.01. The number of ether oxygens (including phenoxy) is 1. The van der Waals surface area contributed by atoms with E-state index in [1.807, 2.05) is 18.2 Å². The molecule has 0 aliphatic carbocycles. The van der Waals surface area contributed by atoms with E-state index in [4.69, 9.17) is 4.74 Å². The van der Waals surface area contributed by atoms with Gasteiger partial charge in [-0.05, 0) is 40.9 Å². The third-order valence-electron chi connectivity index (χ3n) is 2.26. The maximum atomic E-state index is 11.8. The van der Waals surface area contributed by atoms with Gasteiger partial charge in [0.25, 0.3) is 0 Å². The molecule has 2 aromatic rings.